The van der Waals surface area contributed by atoms with Gasteiger partial charge in [0.25, 0.3) is 5.91 Å². The highest BCUT2D eigenvalue weighted by Gasteiger charge is 2.20. The molecule has 0 spiro atoms. The molecule has 4 aromatic carbocycles. The van der Waals surface area contributed by atoms with Crippen LogP contribution in [0.5, 0.6) is 5.75 Å². The van der Waals surface area contributed by atoms with Crippen LogP contribution >= 0.6 is 0 Å². The monoisotopic (exact) mass is 493 g/mol. The Balaban J connectivity index is 1.45. The SMILES string of the molecule is COC(=O)c1cccc(NC(=O)c2cccc3oc(-c4ccccc4OCc4ccccc4)nc23)c1N. The van der Waals surface area contributed by atoms with E-state index in [1.54, 1.807) is 30.3 Å². The number of hydrogen-bond donors (Lipinski definition) is 2. The number of amides is 1. The van der Waals surface area contributed by atoms with Crippen molar-refractivity contribution in [2.24, 2.45) is 0 Å². The lowest BCUT2D eigenvalue weighted by molar-refractivity contribution is 0.0601. The number of para-hydroxylation sites is 3. The number of ether oxygens (including phenoxy) is 2. The Hall–Kier alpha value is -5.11. The smallest absolute Gasteiger partial charge is 0.340 e. The van der Waals surface area contributed by atoms with Crippen LogP contribution in [-0.2, 0) is 11.3 Å². The van der Waals surface area contributed by atoms with Gasteiger partial charge in [0.15, 0.2) is 5.58 Å². The standard InChI is InChI=1S/C29H23N3O5/c1-35-29(34)20-12-7-14-22(25(20)30)31-27(33)21-13-8-16-24-26(21)32-28(37-24)19-11-5-6-15-23(19)36-17-18-9-3-2-4-10-18/h2-16H,17,30H2,1H3,(H,31,33). The number of aromatic nitrogens is 1. The summed E-state index contributed by atoms with van der Waals surface area (Å²) in [6, 6.07) is 27.1. The summed E-state index contributed by atoms with van der Waals surface area (Å²) >= 11 is 0. The van der Waals surface area contributed by atoms with E-state index in [0.717, 1.165) is 5.56 Å². The van der Waals surface area contributed by atoms with Gasteiger partial charge in [-0.15, -0.1) is 0 Å². The summed E-state index contributed by atoms with van der Waals surface area (Å²) in [6.45, 7) is 0.387. The molecule has 0 unspecified atom stereocenters. The van der Waals surface area contributed by atoms with Crippen molar-refractivity contribution in [3.63, 3.8) is 0 Å². The molecule has 0 saturated heterocycles. The van der Waals surface area contributed by atoms with Gasteiger partial charge >= 0.3 is 5.97 Å². The van der Waals surface area contributed by atoms with Crippen molar-refractivity contribution in [3.8, 4) is 17.2 Å². The second kappa shape index (κ2) is 10.2. The highest BCUT2D eigenvalue weighted by molar-refractivity contribution is 6.13. The molecule has 5 rings (SSSR count). The molecule has 0 saturated carbocycles. The van der Waals surface area contributed by atoms with Crippen molar-refractivity contribution in [2.45, 2.75) is 6.61 Å². The predicted molar refractivity (Wildman–Crippen MR) is 140 cm³/mol. The number of nitrogens with zero attached hydrogens (tertiary/aromatic N) is 1. The van der Waals surface area contributed by atoms with Crippen molar-refractivity contribution >= 4 is 34.4 Å². The molecule has 0 fully saturated rings. The van der Waals surface area contributed by atoms with E-state index >= 15 is 0 Å². The lowest BCUT2D eigenvalue weighted by Gasteiger charge is -2.11. The second-order valence-corrected chi connectivity index (χ2v) is 8.15. The molecular weight excluding hydrogens is 470 g/mol. The molecule has 0 atom stereocenters. The van der Waals surface area contributed by atoms with Crippen LogP contribution in [0.3, 0.4) is 0 Å². The van der Waals surface area contributed by atoms with Crippen molar-refractivity contribution in [1.82, 2.24) is 4.98 Å². The maximum atomic E-state index is 13.2. The number of fused-ring (bicyclic) bond motifs is 1. The Morgan fingerprint density at radius 1 is 0.892 bits per heavy atom. The number of methoxy groups -OCH3 is 1. The van der Waals surface area contributed by atoms with Gasteiger partial charge in [0.05, 0.1) is 35.2 Å². The number of carbonyl (C=O) groups is 2. The van der Waals surface area contributed by atoms with Gasteiger partial charge in [-0.3, -0.25) is 4.79 Å². The minimum Gasteiger partial charge on any atom is -0.488 e. The molecule has 184 valence electrons. The number of nitrogens with one attached hydrogen (secondary N) is 1. The Kier molecular flexibility index (Phi) is 6.54. The average Bonchev–Trinajstić information content (AvgIpc) is 3.38. The number of rotatable bonds is 7. The average molecular weight is 494 g/mol. The van der Waals surface area contributed by atoms with Gasteiger partial charge < -0.3 is 24.9 Å². The molecule has 1 heterocycles. The normalized spacial score (nSPS) is 10.7. The topological polar surface area (TPSA) is 117 Å². The first-order valence-corrected chi connectivity index (χ1v) is 11.5. The van der Waals surface area contributed by atoms with E-state index in [-0.39, 0.29) is 22.5 Å². The predicted octanol–water partition coefficient (Wildman–Crippen LogP) is 5.69. The molecular formula is C29H23N3O5. The molecule has 1 amide bonds. The highest BCUT2D eigenvalue weighted by Crippen LogP contribution is 2.33. The maximum Gasteiger partial charge on any atom is 0.340 e. The van der Waals surface area contributed by atoms with E-state index in [2.05, 4.69) is 10.3 Å². The van der Waals surface area contributed by atoms with E-state index in [1.807, 2.05) is 54.6 Å². The summed E-state index contributed by atoms with van der Waals surface area (Å²) in [5, 5.41) is 2.76. The van der Waals surface area contributed by atoms with Crippen LogP contribution in [0.2, 0.25) is 0 Å². The van der Waals surface area contributed by atoms with Crippen LogP contribution in [0.15, 0.2) is 95.4 Å². The number of carbonyl (C=O) groups excluding carboxylic acids is 2. The lowest BCUT2D eigenvalue weighted by Crippen LogP contribution is -2.15. The first-order chi connectivity index (χ1) is 18.0. The molecule has 0 aliphatic carbocycles. The van der Waals surface area contributed by atoms with Crippen LogP contribution in [0.25, 0.3) is 22.6 Å². The number of anilines is 2. The van der Waals surface area contributed by atoms with Crippen LogP contribution in [0.4, 0.5) is 11.4 Å². The number of oxazole rings is 1. The number of nitrogens with two attached hydrogens (primary N) is 1. The maximum absolute atomic E-state index is 13.2. The highest BCUT2D eigenvalue weighted by atomic mass is 16.5. The fourth-order valence-corrected chi connectivity index (χ4v) is 3.90. The van der Waals surface area contributed by atoms with E-state index in [1.165, 1.54) is 13.2 Å². The van der Waals surface area contributed by atoms with Gasteiger partial charge in [0.1, 0.15) is 17.9 Å². The molecule has 0 aliphatic rings. The molecule has 1 aromatic heterocycles. The quantitative estimate of drug-likeness (QED) is 0.221. The molecule has 0 aliphatic heterocycles. The third-order valence-corrected chi connectivity index (χ3v) is 5.78. The molecule has 8 heteroatoms. The van der Waals surface area contributed by atoms with E-state index in [4.69, 9.17) is 19.6 Å². The van der Waals surface area contributed by atoms with Gasteiger partial charge in [-0.25, -0.2) is 9.78 Å². The summed E-state index contributed by atoms with van der Waals surface area (Å²) < 4.78 is 16.8. The lowest BCUT2D eigenvalue weighted by atomic mass is 10.1. The number of nitrogen functional groups attached to an aromatic ring is 1. The van der Waals surface area contributed by atoms with Crippen molar-refractivity contribution in [2.75, 3.05) is 18.2 Å². The zero-order chi connectivity index (χ0) is 25.8. The van der Waals surface area contributed by atoms with Crippen molar-refractivity contribution in [3.05, 3.63) is 108 Å². The Morgan fingerprint density at radius 2 is 1.62 bits per heavy atom. The fourth-order valence-electron chi connectivity index (χ4n) is 3.90. The fraction of sp³-hybridized carbons (Fsp3) is 0.0690. The molecule has 0 bridgehead atoms. The largest absolute Gasteiger partial charge is 0.488 e. The van der Waals surface area contributed by atoms with Gasteiger partial charge in [-0.05, 0) is 42.0 Å². The second-order valence-electron chi connectivity index (χ2n) is 8.15. The van der Waals surface area contributed by atoms with Crippen LogP contribution in [0.1, 0.15) is 26.3 Å². The summed E-state index contributed by atoms with van der Waals surface area (Å²) in [4.78, 5) is 29.8. The molecule has 37 heavy (non-hydrogen) atoms. The number of benzene rings is 4. The minimum atomic E-state index is -0.593. The number of hydrogen-bond acceptors (Lipinski definition) is 7. The Morgan fingerprint density at radius 3 is 2.43 bits per heavy atom. The minimum absolute atomic E-state index is 0.111. The van der Waals surface area contributed by atoms with Crippen LogP contribution in [-0.4, -0.2) is 24.0 Å². The molecule has 5 aromatic rings. The summed E-state index contributed by atoms with van der Waals surface area (Å²) in [5.74, 6) is -0.111. The summed E-state index contributed by atoms with van der Waals surface area (Å²) in [5.41, 5.74) is 9.47. The zero-order valence-corrected chi connectivity index (χ0v) is 19.9. The molecule has 3 N–H and O–H groups in total. The zero-order valence-electron chi connectivity index (χ0n) is 19.9. The van der Waals surface area contributed by atoms with E-state index in [0.29, 0.717) is 34.9 Å². The van der Waals surface area contributed by atoms with E-state index < -0.39 is 11.9 Å². The van der Waals surface area contributed by atoms with Gasteiger partial charge in [0, 0.05) is 0 Å². The summed E-state index contributed by atoms with van der Waals surface area (Å²) in [6.07, 6.45) is 0. The third kappa shape index (κ3) is 4.85. The van der Waals surface area contributed by atoms with Gasteiger partial charge in [-0.2, -0.15) is 0 Å². The van der Waals surface area contributed by atoms with Crippen molar-refractivity contribution in [1.29, 1.82) is 0 Å². The van der Waals surface area contributed by atoms with Gasteiger partial charge in [-0.1, -0.05) is 54.6 Å². The first-order valence-electron chi connectivity index (χ1n) is 11.5. The van der Waals surface area contributed by atoms with E-state index in [9.17, 15) is 9.59 Å². The number of esters is 1. The van der Waals surface area contributed by atoms with Crippen molar-refractivity contribution < 1.29 is 23.5 Å². The Labute approximate surface area is 212 Å². The molecule has 0 radical (unpaired) electrons. The van der Waals surface area contributed by atoms with Crippen LogP contribution in [0, 0.1) is 0 Å². The molecule has 8 nitrogen and oxygen atoms in total. The third-order valence-electron chi connectivity index (χ3n) is 5.78. The van der Waals surface area contributed by atoms with Gasteiger partial charge in [0.2, 0.25) is 5.89 Å². The Bertz CT molecular complexity index is 1590. The van der Waals surface area contributed by atoms with Crippen LogP contribution < -0.4 is 15.8 Å². The summed E-state index contributed by atoms with van der Waals surface area (Å²) in [7, 11) is 1.26. The first kappa shape index (κ1) is 23.6.